The van der Waals surface area contributed by atoms with E-state index >= 15 is 0 Å². The summed E-state index contributed by atoms with van der Waals surface area (Å²) in [4.78, 5) is 12.1. The molecule has 1 aromatic heterocycles. The highest BCUT2D eigenvalue weighted by Crippen LogP contribution is 2.37. The molecule has 0 radical (unpaired) electrons. The standard InChI is InChI=1S/C16H18ClNO5/c1-9(2)22-15-13(17)6-11(7-14(15)20-4)16(19)21-8-12-5-10(3)18-23-12/h5-7,9H,8H2,1-4H3. The number of esters is 1. The van der Waals surface area contributed by atoms with E-state index in [0.717, 1.165) is 5.69 Å². The zero-order valence-corrected chi connectivity index (χ0v) is 14.1. The second-order valence-corrected chi connectivity index (χ2v) is 5.57. The maximum atomic E-state index is 12.1. The van der Waals surface area contributed by atoms with Crippen molar-refractivity contribution in [2.45, 2.75) is 33.5 Å². The normalized spacial score (nSPS) is 10.7. The van der Waals surface area contributed by atoms with Crippen LogP contribution in [0.1, 0.15) is 35.7 Å². The minimum atomic E-state index is -0.546. The molecule has 0 atom stereocenters. The first kappa shape index (κ1) is 17.1. The van der Waals surface area contributed by atoms with E-state index < -0.39 is 5.97 Å². The van der Waals surface area contributed by atoms with Gasteiger partial charge in [-0.2, -0.15) is 0 Å². The summed E-state index contributed by atoms with van der Waals surface area (Å²) in [5.74, 6) is 0.684. The first-order valence-corrected chi connectivity index (χ1v) is 7.42. The molecule has 7 heteroatoms. The highest BCUT2D eigenvalue weighted by Gasteiger charge is 2.18. The molecule has 0 saturated heterocycles. The summed E-state index contributed by atoms with van der Waals surface area (Å²) < 4.78 is 21.0. The van der Waals surface area contributed by atoms with Gasteiger partial charge in [-0.25, -0.2) is 4.79 Å². The molecule has 0 aliphatic heterocycles. The first-order chi connectivity index (χ1) is 10.9. The Morgan fingerprint density at radius 3 is 2.65 bits per heavy atom. The fraction of sp³-hybridized carbons (Fsp3) is 0.375. The summed E-state index contributed by atoms with van der Waals surface area (Å²) >= 11 is 6.18. The minimum Gasteiger partial charge on any atom is -0.493 e. The molecule has 2 rings (SSSR count). The molecule has 0 bridgehead atoms. The van der Waals surface area contributed by atoms with Crippen LogP contribution >= 0.6 is 11.6 Å². The van der Waals surface area contributed by atoms with E-state index in [2.05, 4.69) is 5.16 Å². The maximum Gasteiger partial charge on any atom is 0.338 e. The van der Waals surface area contributed by atoms with Gasteiger partial charge < -0.3 is 18.7 Å². The van der Waals surface area contributed by atoms with E-state index in [-0.39, 0.29) is 23.3 Å². The molecule has 0 unspecified atom stereocenters. The average molecular weight is 340 g/mol. The van der Waals surface area contributed by atoms with Gasteiger partial charge in [0.15, 0.2) is 23.9 Å². The lowest BCUT2D eigenvalue weighted by Gasteiger charge is -2.16. The van der Waals surface area contributed by atoms with Gasteiger partial charge >= 0.3 is 5.97 Å². The molecule has 0 aliphatic carbocycles. The summed E-state index contributed by atoms with van der Waals surface area (Å²) in [5, 5.41) is 4.00. The Hall–Kier alpha value is -2.21. The van der Waals surface area contributed by atoms with Crippen LogP contribution in [0.3, 0.4) is 0 Å². The van der Waals surface area contributed by atoms with Crippen LogP contribution < -0.4 is 9.47 Å². The summed E-state index contributed by atoms with van der Waals surface area (Å²) in [6.45, 7) is 5.52. The molecule has 6 nitrogen and oxygen atoms in total. The van der Waals surface area contributed by atoms with Gasteiger partial charge in [-0.1, -0.05) is 16.8 Å². The summed E-state index contributed by atoms with van der Waals surface area (Å²) in [5.41, 5.74) is 0.982. The molecule has 2 aromatic rings. The van der Waals surface area contributed by atoms with Crippen molar-refractivity contribution in [3.8, 4) is 11.5 Å². The van der Waals surface area contributed by atoms with Crippen LogP contribution in [0.15, 0.2) is 22.7 Å². The van der Waals surface area contributed by atoms with Crippen molar-refractivity contribution in [1.29, 1.82) is 0 Å². The molecule has 0 fully saturated rings. The van der Waals surface area contributed by atoms with E-state index in [4.69, 9.17) is 30.3 Å². The average Bonchev–Trinajstić information content (AvgIpc) is 2.91. The first-order valence-electron chi connectivity index (χ1n) is 7.04. The Bertz CT molecular complexity index is 696. The number of halogens is 1. The molecule has 1 aromatic carbocycles. The number of aryl methyl sites for hydroxylation is 1. The molecule has 23 heavy (non-hydrogen) atoms. The van der Waals surface area contributed by atoms with E-state index in [1.807, 2.05) is 13.8 Å². The van der Waals surface area contributed by atoms with Crippen molar-refractivity contribution in [1.82, 2.24) is 5.16 Å². The molecular weight excluding hydrogens is 322 g/mol. The van der Waals surface area contributed by atoms with Crippen LogP contribution in [-0.2, 0) is 11.3 Å². The van der Waals surface area contributed by atoms with Gasteiger partial charge in [-0.05, 0) is 32.9 Å². The zero-order valence-electron chi connectivity index (χ0n) is 13.4. The fourth-order valence-electron chi connectivity index (χ4n) is 1.89. The monoisotopic (exact) mass is 339 g/mol. The number of rotatable bonds is 6. The molecule has 0 aliphatic rings. The maximum absolute atomic E-state index is 12.1. The number of carbonyl (C=O) groups is 1. The number of methoxy groups -OCH3 is 1. The van der Waals surface area contributed by atoms with Crippen molar-refractivity contribution in [3.63, 3.8) is 0 Å². The van der Waals surface area contributed by atoms with Crippen molar-refractivity contribution < 1.29 is 23.5 Å². The number of hydrogen-bond acceptors (Lipinski definition) is 6. The summed E-state index contributed by atoms with van der Waals surface area (Å²) in [6, 6.07) is 4.70. The minimum absolute atomic E-state index is 0.0101. The van der Waals surface area contributed by atoms with Crippen molar-refractivity contribution >= 4 is 17.6 Å². The molecule has 0 amide bonds. The van der Waals surface area contributed by atoms with Gasteiger partial charge in [-0.15, -0.1) is 0 Å². The van der Waals surface area contributed by atoms with Crippen LogP contribution in [-0.4, -0.2) is 24.3 Å². The third-order valence-electron chi connectivity index (χ3n) is 2.84. The van der Waals surface area contributed by atoms with Crippen LogP contribution in [0.25, 0.3) is 0 Å². The van der Waals surface area contributed by atoms with E-state index in [1.165, 1.54) is 19.2 Å². The highest BCUT2D eigenvalue weighted by molar-refractivity contribution is 6.32. The molecule has 124 valence electrons. The van der Waals surface area contributed by atoms with E-state index in [0.29, 0.717) is 17.3 Å². The van der Waals surface area contributed by atoms with Gasteiger partial charge in [0.1, 0.15) is 0 Å². The predicted molar refractivity (Wildman–Crippen MR) is 84.1 cm³/mol. The molecule has 0 N–H and O–H groups in total. The lowest BCUT2D eigenvalue weighted by Crippen LogP contribution is -2.09. The highest BCUT2D eigenvalue weighted by atomic mass is 35.5. The SMILES string of the molecule is COc1cc(C(=O)OCc2cc(C)no2)cc(Cl)c1OC(C)C. The van der Waals surface area contributed by atoms with Gasteiger partial charge in [0.05, 0.1) is 29.5 Å². The second kappa shape index (κ2) is 7.37. The Morgan fingerprint density at radius 2 is 2.09 bits per heavy atom. The van der Waals surface area contributed by atoms with Gasteiger partial charge in [0, 0.05) is 6.07 Å². The number of hydrogen-bond donors (Lipinski definition) is 0. The van der Waals surface area contributed by atoms with Crippen molar-refractivity contribution in [2.75, 3.05) is 7.11 Å². The number of carbonyl (C=O) groups excluding carboxylic acids is 1. The number of benzene rings is 1. The van der Waals surface area contributed by atoms with Crippen LogP contribution in [0.5, 0.6) is 11.5 Å². The number of aromatic nitrogens is 1. The molecule has 0 saturated carbocycles. The molecular formula is C16H18ClNO5. The molecule has 1 heterocycles. The van der Waals surface area contributed by atoms with Gasteiger partial charge in [0.25, 0.3) is 0 Å². The second-order valence-electron chi connectivity index (χ2n) is 5.17. The third-order valence-corrected chi connectivity index (χ3v) is 3.12. The Balaban J connectivity index is 2.15. The predicted octanol–water partition coefficient (Wildman–Crippen LogP) is 3.79. The smallest absolute Gasteiger partial charge is 0.338 e. The summed E-state index contributed by atoms with van der Waals surface area (Å²) in [7, 11) is 1.48. The topological polar surface area (TPSA) is 70.8 Å². The zero-order chi connectivity index (χ0) is 17.0. The third kappa shape index (κ3) is 4.39. The van der Waals surface area contributed by atoms with Crippen LogP contribution in [0.2, 0.25) is 5.02 Å². The Kier molecular flexibility index (Phi) is 5.50. The van der Waals surface area contributed by atoms with Crippen molar-refractivity contribution in [2.24, 2.45) is 0 Å². The molecule has 0 spiro atoms. The summed E-state index contributed by atoms with van der Waals surface area (Å²) in [6.07, 6.45) is -0.0751. The van der Waals surface area contributed by atoms with Crippen LogP contribution in [0.4, 0.5) is 0 Å². The lowest BCUT2D eigenvalue weighted by molar-refractivity contribution is 0.0437. The number of ether oxygens (including phenoxy) is 3. The fourth-order valence-corrected chi connectivity index (χ4v) is 2.15. The Labute approximate surface area is 139 Å². The van der Waals surface area contributed by atoms with Crippen LogP contribution in [0, 0.1) is 6.92 Å². The van der Waals surface area contributed by atoms with Gasteiger partial charge in [-0.3, -0.25) is 0 Å². The van der Waals surface area contributed by atoms with E-state index in [9.17, 15) is 4.79 Å². The largest absolute Gasteiger partial charge is 0.493 e. The van der Waals surface area contributed by atoms with Crippen molar-refractivity contribution in [3.05, 3.63) is 40.2 Å². The quantitative estimate of drug-likeness (QED) is 0.746. The van der Waals surface area contributed by atoms with E-state index in [1.54, 1.807) is 13.0 Å². The lowest BCUT2D eigenvalue weighted by atomic mass is 10.2. The Morgan fingerprint density at radius 1 is 1.35 bits per heavy atom. The van der Waals surface area contributed by atoms with Gasteiger partial charge in [0.2, 0.25) is 0 Å². The number of nitrogens with zero attached hydrogens (tertiary/aromatic N) is 1.